The lowest BCUT2D eigenvalue weighted by Crippen LogP contribution is -2.25. The average Bonchev–Trinajstić information content (AvgIpc) is 3.54. The lowest BCUT2D eigenvalue weighted by Gasteiger charge is -2.12. The SMILES string of the molecule is Cc1ccc(C(=O)NC2CC2)cc1NC(=O)c1cccc(Cc2ccccc2)c1. The molecular formula is C25H24N2O2. The van der Waals surface area contributed by atoms with Crippen molar-refractivity contribution in [2.75, 3.05) is 5.32 Å². The third kappa shape index (κ3) is 4.91. The summed E-state index contributed by atoms with van der Waals surface area (Å²) in [5.41, 5.74) is 5.03. The first-order valence-electron chi connectivity index (χ1n) is 9.94. The molecule has 146 valence electrons. The Bertz CT molecular complexity index is 1040. The van der Waals surface area contributed by atoms with E-state index in [9.17, 15) is 9.59 Å². The minimum absolute atomic E-state index is 0.0899. The maximum Gasteiger partial charge on any atom is 0.255 e. The highest BCUT2D eigenvalue weighted by atomic mass is 16.2. The molecule has 3 aromatic carbocycles. The van der Waals surface area contributed by atoms with Crippen molar-refractivity contribution < 1.29 is 9.59 Å². The van der Waals surface area contributed by atoms with Gasteiger partial charge in [-0.15, -0.1) is 0 Å². The van der Waals surface area contributed by atoms with E-state index in [0.717, 1.165) is 30.4 Å². The van der Waals surface area contributed by atoms with Crippen molar-refractivity contribution in [1.29, 1.82) is 0 Å². The zero-order valence-electron chi connectivity index (χ0n) is 16.4. The molecule has 0 unspecified atom stereocenters. The van der Waals surface area contributed by atoms with E-state index < -0.39 is 0 Å². The molecule has 0 spiro atoms. The number of anilines is 1. The van der Waals surface area contributed by atoms with Crippen LogP contribution in [-0.4, -0.2) is 17.9 Å². The smallest absolute Gasteiger partial charge is 0.255 e. The number of nitrogens with one attached hydrogen (secondary N) is 2. The Labute approximate surface area is 171 Å². The Balaban J connectivity index is 1.49. The van der Waals surface area contributed by atoms with Gasteiger partial charge >= 0.3 is 0 Å². The topological polar surface area (TPSA) is 58.2 Å². The van der Waals surface area contributed by atoms with Crippen LogP contribution in [0.25, 0.3) is 0 Å². The second-order valence-corrected chi connectivity index (χ2v) is 7.59. The fourth-order valence-electron chi connectivity index (χ4n) is 3.24. The highest BCUT2D eigenvalue weighted by molar-refractivity contribution is 6.05. The molecule has 1 fully saturated rings. The first-order valence-corrected chi connectivity index (χ1v) is 9.94. The zero-order valence-corrected chi connectivity index (χ0v) is 16.4. The summed E-state index contributed by atoms with van der Waals surface area (Å²) in [7, 11) is 0. The summed E-state index contributed by atoms with van der Waals surface area (Å²) in [5, 5.41) is 5.94. The molecule has 4 heteroatoms. The fraction of sp³-hybridized carbons (Fsp3) is 0.200. The standard InChI is InChI=1S/C25H24N2O2/c1-17-10-11-21(24(28)26-22-12-13-22)16-23(17)27-25(29)20-9-5-8-19(15-20)14-18-6-3-2-4-7-18/h2-11,15-16,22H,12-14H2,1H3,(H,26,28)(H,27,29). The molecule has 4 rings (SSSR count). The molecule has 0 bridgehead atoms. The Morgan fingerprint density at radius 3 is 2.31 bits per heavy atom. The van der Waals surface area contributed by atoms with Crippen molar-refractivity contribution >= 4 is 17.5 Å². The van der Waals surface area contributed by atoms with Gasteiger partial charge in [-0.25, -0.2) is 0 Å². The number of benzene rings is 3. The van der Waals surface area contributed by atoms with Gasteiger partial charge in [0.15, 0.2) is 0 Å². The predicted molar refractivity (Wildman–Crippen MR) is 115 cm³/mol. The molecule has 0 radical (unpaired) electrons. The summed E-state index contributed by atoms with van der Waals surface area (Å²) in [6, 6.07) is 23.5. The number of hydrogen-bond donors (Lipinski definition) is 2. The molecule has 0 atom stereocenters. The average molecular weight is 384 g/mol. The molecule has 2 N–H and O–H groups in total. The van der Waals surface area contributed by atoms with Crippen molar-refractivity contribution in [2.45, 2.75) is 32.2 Å². The Morgan fingerprint density at radius 2 is 1.55 bits per heavy atom. The number of amides is 2. The third-order valence-corrected chi connectivity index (χ3v) is 5.10. The van der Waals surface area contributed by atoms with Crippen LogP contribution in [0, 0.1) is 6.92 Å². The van der Waals surface area contributed by atoms with E-state index in [4.69, 9.17) is 0 Å². The fourth-order valence-corrected chi connectivity index (χ4v) is 3.24. The Kier molecular flexibility index (Phi) is 5.43. The minimum atomic E-state index is -0.178. The molecule has 4 nitrogen and oxygen atoms in total. The predicted octanol–water partition coefficient (Wildman–Crippen LogP) is 4.73. The van der Waals surface area contributed by atoms with Gasteiger partial charge in [-0.3, -0.25) is 9.59 Å². The number of carbonyl (C=O) groups is 2. The lowest BCUT2D eigenvalue weighted by molar-refractivity contribution is 0.0949. The summed E-state index contributed by atoms with van der Waals surface area (Å²) in [5.74, 6) is -0.268. The largest absolute Gasteiger partial charge is 0.349 e. The lowest BCUT2D eigenvalue weighted by atomic mass is 10.0. The number of carbonyl (C=O) groups excluding carboxylic acids is 2. The van der Waals surface area contributed by atoms with Crippen LogP contribution < -0.4 is 10.6 Å². The van der Waals surface area contributed by atoms with Crippen LogP contribution in [0.5, 0.6) is 0 Å². The zero-order chi connectivity index (χ0) is 20.2. The van der Waals surface area contributed by atoms with Gasteiger partial charge in [-0.2, -0.15) is 0 Å². The van der Waals surface area contributed by atoms with Crippen LogP contribution in [0.15, 0.2) is 72.8 Å². The molecule has 2 amide bonds. The van der Waals surface area contributed by atoms with Crippen LogP contribution in [0.4, 0.5) is 5.69 Å². The molecule has 0 heterocycles. The molecule has 3 aromatic rings. The van der Waals surface area contributed by atoms with Gasteiger partial charge in [0.05, 0.1) is 0 Å². The summed E-state index contributed by atoms with van der Waals surface area (Å²) in [4.78, 5) is 25.1. The van der Waals surface area contributed by atoms with E-state index in [1.165, 1.54) is 5.56 Å². The van der Waals surface area contributed by atoms with Gasteiger partial charge in [-0.05, 0) is 67.1 Å². The van der Waals surface area contributed by atoms with E-state index in [1.807, 2.05) is 55.5 Å². The van der Waals surface area contributed by atoms with E-state index in [2.05, 4.69) is 22.8 Å². The minimum Gasteiger partial charge on any atom is -0.349 e. The van der Waals surface area contributed by atoms with E-state index >= 15 is 0 Å². The van der Waals surface area contributed by atoms with E-state index in [0.29, 0.717) is 22.9 Å². The summed E-state index contributed by atoms with van der Waals surface area (Å²) in [6.45, 7) is 1.92. The summed E-state index contributed by atoms with van der Waals surface area (Å²) < 4.78 is 0. The molecular weight excluding hydrogens is 360 g/mol. The molecule has 0 aliphatic heterocycles. The van der Waals surface area contributed by atoms with Crippen LogP contribution >= 0.6 is 0 Å². The van der Waals surface area contributed by atoms with Gasteiger partial charge in [0, 0.05) is 22.9 Å². The molecule has 0 saturated heterocycles. The van der Waals surface area contributed by atoms with E-state index in [-0.39, 0.29) is 11.8 Å². The van der Waals surface area contributed by atoms with Gasteiger partial charge in [-0.1, -0.05) is 48.5 Å². The quantitative estimate of drug-likeness (QED) is 0.645. The maximum absolute atomic E-state index is 12.8. The summed E-state index contributed by atoms with van der Waals surface area (Å²) >= 11 is 0. The maximum atomic E-state index is 12.8. The molecule has 1 aliphatic rings. The normalized spacial score (nSPS) is 13.0. The summed E-state index contributed by atoms with van der Waals surface area (Å²) in [6.07, 6.45) is 2.86. The van der Waals surface area contributed by atoms with Crippen molar-refractivity contribution in [3.05, 3.63) is 101 Å². The van der Waals surface area contributed by atoms with E-state index in [1.54, 1.807) is 12.1 Å². The highest BCUT2D eigenvalue weighted by Crippen LogP contribution is 2.22. The number of aryl methyl sites for hydroxylation is 1. The van der Waals surface area contributed by atoms with Crippen molar-refractivity contribution in [1.82, 2.24) is 5.32 Å². The third-order valence-electron chi connectivity index (χ3n) is 5.10. The van der Waals surface area contributed by atoms with Gasteiger partial charge in [0.25, 0.3) is 11.8 Å². The van der Waals surface area contributed by atoms with Crippen LogP contribution in [0.1, 0.15) is 50.2 Å². The number of hydrogen-bond acceptors (Lipinski definition) is 2. The first kappa shape index (κ1) is 18.9. The monoisotopic (exact) mass is 384 g/mol. The van der Waals surface area contributed by atoms with Crippen molar-refractivity contribution in [3.8, 4) is 0 Å². The van der Waals surface area contributed by atoms with Crippen molar-refractivity contribution in [3.63, 3.8) is 0 Å². The molecule has 0 aromatic heterocycles. The van der Waals surface area contributed by atoms with Gasteiger partial charge < -0.3 is 10.6 Å². The van der Waals surface area contributed by atoms with Crippen LogP contribution in [-0.2, 0) is 6.42 Å². The Hall–Kier alpha value is -3.40. The molecule has 1 saturated carbocycles. The van der Waals surface area contributed by atoms with Crippen LogP contribution in [0.2, 0.25) is 0 Å². The number of rotatable bonds is 6. The Morgan fingerprint density at radius 1 is 0.828 bits per heavy atom. The first-order chi connectivity index (χ1) is 14.1. The highest BCUT2D eigenvalue weighted by Gasteiger charge is 2.24. The van der Waals surface area contributed by atoms with Crippen molar-refractivity contribution in [2.24, 2.45) is 0 Å². The van der Waals surface area contributed by atoms with Gasteiger partial charge in [0.1, 0.15) is 0 Å². The van der Waals surface area contributed by atoms with Crippen LogP contribution in [0.3, 0.4) is 0 Å². The molecule has 29 heavy (non-hydrogen) atoms. The molecule has 1 aliphatic carbocycles. The second kappa shape index (κ2) is 8.31. The van der Waals surface area contributed by atoms with Gasteiger partial charge in [0.2, 0.25) is 0 Å². The second-order valence-electron chi connectivity index (χ2n) is 7.59.